The molecule has 0 saturated carbocycles. The third kappa shape index (κ3) is 3.73. The number of carbonyl (C=O) groups excluding carboxylic acids is 1. The highest BCUT2D eigenvalue weighted by Gasteiger charge is 2.15. The highest BCUT2D eigenvalue weighted by molar-refractivity contribution is 5.93. The van der Waals surface area contributed by atoms with Gasteiger partial charge in [0, 0.05) is 24.3 Å². The van der Waals surface area contributed by atoms with Crippen LogP contribution in [0.2, 0.25) is 0 Å². The first kappa shape index (κ1) is 18.4. The number of hydrogen-bond acceptors (Lipinski definition) is 6. The number of aliphatic hydroxyl groups is 1. The maximum Gasteiger partial charge on any atom is 0.248 e. The molecule has 0 spiro atoms. The molecule has 1 amide bonds. The van der Waals surface area contributed by atoms with Gasteiger partial charge in [-0.3, -0.25) is 4.79 Å². The smallest absolute Gasteiger partial charge is 0.248 e. The number of nitrogen functional groups attached to an aromatic ring is 1. The van der Waals surface area contributed by atoms with Crippen molar-refractivity contribution in [2.24, 2.45) is 11.7 Å². The number of benzene rings is 1. The van der Waals surface area contributed by atoms with E-state index in [1.54, 1.807) is 22.9 Å². The lowest BCUT2D eigenvalue weighted by molar-refractivity contribution is 0.1000. The van der Waals surface area contributed by atoms with Gasteiger partial charge in [0.05, 0.1) is 5.39 Å². The zero-order valence-corrected chi connectivity index (χ0v) is 15.1. The van der Waals surface area contributed by atoms with Crippen molar-refractivity contribution in [1.82, 2.24) is 19.7 Å². The number of rotatable bonds is 4. The maximum absolute atomic E-state index is 11.4. The van der Waals surface area contributed by atoms with Gasteiger partial charge in [-0.05, 0) is 36.5 Å². The minimum absolute atomic E-state index is 0.000378. The number of amides is 1. The van der Waals surface area contributed by atoms with Crippen molar-refractivity contribution in [3.8, 4) is 11.8 Å². The van der Waals surface area contributed by atoms with Gasteiger partial charge in [0.25, 0.3) is 0 Å². The van der Waals surface area contributed by atoms with E-state index in [9.17, 15) is 9.90 Å². The molecule has 0 saturated heterocycles. The lowest BCUT2D eigenvalue weighted by atomic mass is 10.0. The Balaban J connectivity index is 2.10. The van der Waals surface area contributed by atoms with Gasteiger partial charge < -0.3 is 16.6 Å². The van der Waals surface area contributed by atoms with E-state index in [0.29, 0.717) is 34.4 Å². The topological polar surface area (TPSA) is 133 Å². The summed E-state index contributed by atoms with van der Waals surface area (Å²) in [6, 6.07) is 5.10. The largest absolute Gasteiger partial charge is 0.396 e. The average molecular weight is 364 g/mol. The van der Waals surface area contributed by atoms with E-state index in [-0.39, 0.29) is 18.3 Å². The molecule has 138 valence electrons. The van der Waals surface area contributed by atoms with Gasteiger partial charge in [-0.2, -0.15) is 5.10 Å². The standard InChI is InChI=1S/C19H20N6O2/c1-11(9-26)8-25-19-16(17(20)22-10-23-19)15(24-25)6-5-13-7-14(18(21)27)4-3-12(13)2/h3-4,7,10-11,26H,8-9H2,1-2H3,(H2,21,27)(H2,20,22,23)/t11-/m0/s1. The van der Waals surface area contributed by atoms with Crippen LogP contribution in [0.4, 0.5) is 5.82 Å². The first-order chi connectivity index (χ1) is 12.9. The molecule has 1 atom stereocenters. The lowest BCUT2D eigenvalue weighted by Gasteiger charge is -2.07. The lowest BCUT2D eigenvalue weighted by Crippen LogP contribution is -2.12. The Hall–Kier alpha value is -3.44. The zero-order chi connectivity index (χ0) is 19.6. The number of hydrogen-bond donors (Lipinski definition) is 3. The third-order valence-corrected chi connectivity index (χ3v) is 4.19. The molecule has 0 unspecified atom stereocenters. The molecule has 3 aromatic rings. The number of anilines is 1. The minimum Gasteiger partial charge on any atom is -0.396 e. The fraction of sp³-hybridized carbons (Fsp3) is 0.263. The van der Waals surface area contributed by atoms with Gasteiger partial charge in [-0.15, -0.1) is 0 Å². The quantitative estimate of drug-likeness (QED) is 0.588. The zero-order valence-electron chi connectivity index (χ0n) is 15.1. The predicted molar refractivity (Wildman–Crippen MR) is 102 cm³/mol. The molecule has 2 heterocycles. The molecule has 3 rings (SSSR count). The van der Waals surface area contributed by atoms with Crippen LogP contribution in [0.5, 0.6) is 0 Å². The Morgan fingerprint density at radius 1 is 1.33 bits per heavy atom. The fourth-order valence-corrected chi connectivity index (χ4v) is 2.63. The number of carbonyl (C=O) groups is 1. The number of aromatic nitrogens is 4. The summed E-state index contributed by atoms with van der Waals surface area (Å²) in [5.74, 6) is 5.81. The Morgan fingerprint density at radius 2 is 2.11 bits per heavy atom. The van der Waals surface area contributed by atoms with Crippen molar-refractivity contribution in [2.45, 2.75) is 20.4 Å². The van der Waals surface area contributed by atoms with Crippen LogP contribution in [-0.4, -0.2) is 37.4 Å². The van der Waals surface area contributed by atoms with E-state index < -0.39 is 5.91 Å². The number of nitrogens with two attached hydrogens (primary N) is 2. The van der Waals surface area contributed by atoms with E-state index in [1.165, 1.54) is 6.33 Å². The summed E-state index contributed by atoms with van der Waals surface area (Å²) in [4.78, 5) is 19.7. The molecule has 0 fully saturated rings. The van der Waals surface area contributed by atoms with Crippen LogP contribution in [0, 0.1) is 24.7 Å². The third-order valence-electron chi connectivity index (χ3n) is 4.19. The van der Waals surface area contributed by atoms with E-state index >= 15 is 0 Å². The molecule has 8 heteroatoms. The summed E-state index contributed by atoms with van der Waals surface area (Å²) >= 11 is 0. The molecule has 0 aliphatic carbocycles. The summed E-state index contributed by atoms with van der Waals surface area (Å²) in [6.07, 6.45) is 1.37. The van der Waals surface area contributed by atoms with Crippen LogP contribution in [0.15, 0.2) is 24.5 Å². The van der Waals surface area contributed by atoms with Crippen LogP contribution in [0.3, 0.4) is 0 Å². The van der Waals surface area contributed by atoms with E-state index in [0.717, 1.165) is 5.56 Å². The van der Waals surface area contributed by atoms with Crippen LogP contribution in [-0.2, 0) is 6.54 Å². The van der Waals surface area contributed by atoms with Crippen molar-refractivity contribution in [2.75, 3.05) is 12.3 Å². The second kappa shape index (κ2) is 7.43. The summed E-state index contributed by atoms with van der Waals surface area (Å²) in [7, 11) is 0. The first-order valence-corrected chi connectivity index (χ1v) is 8.41. The number of aryl methyl sites for hydroxylation is 1. The normalized spacial score (nSPS) is 11.8. The SMILES string of the molecule is Cc1ccc(C(N)=O)cc1C#Cc1nn(C[C@H](C)CO)c2ncnc(N)c12. The van der Waals surface area contributed by atoms with Crippen molar-refractivity contribution >= 4 is 22.8 Å². The van der Waals surface area contributed by atoms with Gasteiger partial charge in [0.15, 0.2) is 5.65 Å². The van der Waals surface area contributed by atoms with Crippen LogP contribution in [0.1, 0.15) is 34.1 Å². The van der Waals surface area contributed by atoms with Crippen molar-refractivity contribution in [3.63, 3.8) is 0 Å². The number of primary amides is 1. The van der Waals surface area contributed by atoms with Gasteiger partial charge in [0.2, 0.25) is 5.91 Å². The molecule has 1 aromatic carbocycles. The van der Waals surface area contributed by atoms with Crippen LogP contribution in [0.25, 0.3) is 11.0 Å². The molecular weight excluding hydrogens is 344 g/mol. The molecule has 0 radical (unpaired) electrons. The van der Waals surface area contributed by atoms with Crippen molar-refractivity contribution in [3.05, 3.63) is 46.9 Å². The fourth-order valence-electron chi connectivity index (χ4n) is 2.63. The minimum atomic E-state index is -0.511. The van der Waals surface area contributed by atoms with E-state index in [1.807, 2.05) is 13.8 Å². The average Bonchev–Trinajstić information content (AvgIpc) is 2.99. The van der Waals surface area contributed by atoms with E-state index in [4.69, 9.17) is 11.5 Å². The molecule has 8 nitrogen and oxygen atoms in total. The van der Waals surface area contributed by atoms with Gasteiger partial charge in [0.1, 0.15) is 17.8 Å². The first-order valence-electron chi connectivity index (χ1n) is 8.41. The molecule has 0 aliphatic heterocycles. The highest BCUT2D eigenvalue weighted by atomic mass is 16.3. The van der Waals surface area contributed by atoms with Gasteiger partial charge in [-0.25, -0.2) is 14.6 Å². The second-order valence-corrected chi connectivity index (χ2v) is 6.42. The molecule has 0 bridgehead atoms. The van der Waals surface area contributed by atoms with Crippen LogP contribution < -0.4 is 11.5 Å². The Kier molecular flexibility index (Phi) is 5.05. The second-order valence-electron chi connectivity index (χ2n) is 6.42. The number of aliphatic hydroxyl groups excluding tert-OH is 1. The molecular formula is C19H20N6O2. The van der Waals surface area contributed by atoms with Crippen molar-refractivity contribution in [1.29, 1.82) is 0 Å². The summed E-state index contributed by atoms with van der Waals surface area (Å²) in [6.45, 7) is 4.30. The van der Waals surface area contributed by atoms with E-state index in [2.05, 4.69) is 26.9 Å². The summed E-state index contributed by atoms with van der Waals surface area (Å²) in [5, 5.41) is 14.4. The molecule has 0 aliphatic rings. The molecule has 5 N–H and O–H groups in total. The number of nitrogens with zero attached hydrogens (tertiary/aromatic N) is 4. The molecule has 2 aromatic heterocycles. The van der Waals surface area contributed by atoms with Crippen LogP contribution >= 0.6 is 0 Å². The molecule has 27 heavy (non-hydrogen) atoms. The van der Waals surface area contributed by atoms with Crippen molar-refractivity contribution < 1.29 is 9.90 Å². The Labute approximate surface area is 156 Å². The Morgan fingerprint density at radius 3 is 2.81 bits per heavy atom. The Bertz CT molecular complexity index is 1080. The predicted octanol–water partition coefficient (Wildman–Crippen LogP) is 0.844. The van der Waals surface area contributed by atoms with Gasteiger partial charge >= 0.3 is 0 Å². The summed E-state index contributed by atoms with van der Waals surface area (Å²) < 4.78 is 1.67. The monoisotopic (exact) mass is 364 g/mol. The number of fused-ring (bicyclic) bond motifs is 1. The maximum atomic E-state index is 11.4. The highest BCUT2D eigenvalue weighted by Crippen LogP contribution is 2.21. The summed E-state index contributed by atoms with van der Waals surface area (Å²) in [5.41, 5.74) is 14.3. The van der Waals surface area contributed by atoms with Gasteiger partial charge in [-0.1, -0.05) is 18.9 Å².